The number of carbonyl (C=O) groups is 1. The minimum absolute atomic E-state index is 0.103. The van der Waals surface area contributed by atoms with Gasteiger partial charge in [0.05, 0.1) is 19.6 Å². The minimum atomic E-state index is -0.909. The molecule has 0 spiro atoms. The van der Waals surface area contributed by atoms with Crippen molar-refractivity contribution in [1.29, 1.82) is 0 Å². The zero-order chi connectivity index (χ0) is 13.7. The van der Waals surface area contributed by atoms with Crippen molar-refractivity contribution in [2.45, 2.75) is 31.4 Å². The predicted molar refractivity (Wildman–Crippen MR) is 70.1 cm³/mol. The number of benzene rings is 1. The van der Waals surface area contributed by atoms with Crippen molar-refractivity contribution in [1.82, 2.24) is 0 Å². The van der Waals surface area contributed by atoms with Gasteiger partial charge in [0.2, 0.25) is 0 Å². The van der Waals surface area contributed by atoms with Crippen LogP contribution in [0.1, 0.15) is 30.9 Å². The quantitative estimate of drug-likeness (QED) is 0.847. The Morgan fingerprint density at radius 3 is 2.79 bits per heavy atom. The first-order valence-corrected chi connectivity index (χ1v) is 6.47. The molecule has 104 valence electrons. The van der Waals surface area contributed by atoms with Gasteiger partial charge in [-0.3, -0.25) is 4.79 Å². The Hall–Kier alpha value is -1.59. The fourth-order valence-corrected chi connectivity index (χ4v) is 2.17. The van der Waals surface area contributed by atoms with E-state index in [1.807, 2.05) is 24.3 Å². The van der Waals surface area contributed by atoms with Crippen LogP contribution in [-0.4, -0.2) is 30.4 Å². The Morgan fingerprint density at radius 1 is 1.42 bits per heavy atom. The molecule has 1 aliphatic heterocycles. The minimum Gasteiger partial charge on any atom is -0.490 e. The molecular formula is C14H19NO4. The van der Waals surface area contributed by atoms with E-state index in [0.717, 1.165) is 18.4 Å². The van der Waals surface area contributed by atoms with Crippen LogP contribution in [0.25, 0.3) is 0 Å². The second kappa shape index (κ2) is 6.54. The van der Waals surface area contributed by atoms with Crippen LogP contribution in [0.2, 0.25) is 0 Å². The van der Waals surface area contributed by atoms with Gasteiger partial charge in [-0.25, -0.2) is 0 Å². The lowest BCUT2D eigenvalue weighted by atomic mass is 10.0. The molecule has 1 aromatic carbocycles. The van der Waals surface area contributed by atoms with Gasteiger partial charge < -0.3 is 20.3 Å². The summed E-state index contributed by atoms with van der Waals surface area (Å²) in [6.07, 6.45) is 1.71. The van der Waals surface area contributed by atoms with Crippen LogP contribution in [0.5, 0.6) is 5.75 Å². The van der Waals surface area contributed by atoms with Gasteiger partial charge in [0.1, 0.15) is 11.9 Å². The largest absolute Gasteiger partial charge is 0.490 e. The predicted octanol–water partition coefficient (Wildman–Crippen LogP) is 1.72. The molecule has 19 heavy (non-hydrogen) atoms. The van der Waals surface area contributed by atoms with Gasteiger partial charge >= 0.3 is 5.97 Å². The summed E-state index contributed by atoms with van der Waals surface area (Å²) in [5.41, 5.74) is 6.66. The van der Waals surface area contributed by atoms with Crippen molar-refractivity contribution in [2.75, 3.05) is 13.2 Å². The summed E-state index contributed by atoms with van der Waals surface area (Å²) >= 11 is 0. The first-order valence-electron chi connectivity index (χ1n) is 6.47. The van der Waals surface area contributed by atoms with Gasteiger partial charge in [-0.2, -0.15) is 0 Å². The van der Waals surface area contributed by atoms with Crippen LogP contribution in [-0.2, 0) is 9.53 Å². The maximum Gasteiger partial charge on any atom is 0.305 e. The molecule has 1 heterocycles. The molecule has 1 aliphatic rings. The number of hydrogen-bond donors (Lipinski definition) is 2. The second-order valence-electron chi connectivity index (χ2n) is 4.67. The third-order valence-electron chi connectivity index (χ3n) is 3.17. The molecule has 1 aromatic rings. The lowest BCUT2D eigenvalue weighted by Gasteiger charge is -2.25. The molecule has 1 atom stereocenters. The lowest BCUT2D eigenvalue weighted by molar-refractivity contribution is -0.137. The van der Waals surface area contributed by atoms with Crippen LogP contribution in [0.4, 0.5) is 0 Å². The highest BCUT2D eigenvalue weighted by Crippen LogP contribution is 2.28. The van der Waals surface area contributed by atoms with E-state index < -0.39 is 12.0 Å². The standard InChI is InChI=1S/C14H19NO4/c15-12(9-14(16)17)11-3-1-2-4-13(11)19-10-5-7-18-8-6-10/h1-4,10,12H,5-9,15H2,(H,16,17). The summed E-state index contributed by atoms with van der Waals surface area (Å²) in [6, 6.07) is 6.82. The molecule has 0 radical (unpaired) electrons. The highest BCUT2D eigenvalue weighted by Gasteiger charge is 2.19. The molecule has 0 saturated carbocycles. The molecule has 0 aromatic heterocycles. The van der Waals surface area contributed by atoms with Crippen molar-refractivity contribution >= 4 is 5.97 Å². The van der Waals surface area contributed by atoms with Gasteiger partial charge in [0.25, 0.3) is 0 Å². The fourth-order valence-electron chi connectivity index (χ4n) is 2.17. The number of carboxylic acids is 1. The van der Waals surface area contributed by atoms with Crippen LogP contribution >= 0.6 is 0 Å². The van der Waals surface area contributed by atoms with Crippen LogP contribution < -0.4 is 10.5 Å². The fraction of sp³-hybridized carbons (Fsp3) is 0.500. The lowest BCUT2D eigenvalue weighted by Crippen LogP contribution is -2.27. The van der Waals surface area contributed by atoms with E-state index in [1.54, 1.807) is 0 Å². The molecule has 0 amide bonds. The Morgan fingerprint density at radius 2 is 2.11 bits per heavy atom. The molecule has 0 aliphatic carbocycles. The first kappa shape index (κ1) is 13.8. The SMILES string of the molecule is NC(CC(=O)O)c1ccccc1OC1CCOCC1. The molecule has 2 rings (SSSR count). The van der Waals surface area contributed by atoms with Crippen LogP contribution in [0, 0.1) is 0 Å². The average Bonchev–Trinajstić information content (AvgIpc) is 2.39. The summed E-state index contributed by atoms with van der Waals surface area (Å²) in [5, 5.41) is 8.82. The zero-order valence-corrected chi connectivity index (χ0v) is 10.7. The van der Waals surface area contributed by atoms with Gasteiger partial charge in [0.15, 0.2) is 0 Å². The molecule has 5 nitrogen and oxygen atoms in total. The van der Waals surface area contributed by atoms with Crippen LogP contribution in [0.3, 0.4) is 0 Å². The molecule has 5 heteroatoms. The molecule has 0 bridgehead atoms. The summed E-state index contributed by atoms with van der Waals surface area (Å²) in [5.74, 6) is -0.225. The number of para-hydroxylation sites is 1. The summed E-state index contributed by atoms with van der Waals surface area (Å²) in [4.78, 5) is 10.7. The van der Waals surface area contributed by atoms with E-state index in [9.17, 15) is 4.79 Å². The summed E-state index contributed by atoms with van der Waals surface area (Å²) < 4.78 is 11.2. The number of ether oxygens (including phenoxy) is 2. The Kier molecular flexibility index (Phi) is 4.76. The van der Waals surface area contributed by atoms with Crippen LogP contribution in [0.15, 0.2) is 24.3 Å². The number of carboxylic acid groups (broad SMARTS) is 1. The molecule has 1 fully saturated rings. The Balaban J connectivity index is 2.08. The second-order valence-corrected chi connectivity index (χ2v) is 4.67. The maximum absolute atomic E-state index is 10.7. The molecule has 1 saturated heterocycles. The average molecular weight is 265 g/mol. The highest BCUT2D eigenvalue weighted by molar-refractivity contribution is 5.68. The number of aliphatic carboxylic acids is 1. The summed E-state index contributed by atoms with van der Waals surface area (Å²) in [7, 11) is 0. The van der Waals surface area contributed by atoms with E-state index in [4.69, 9.17) is 20.3 Å². The number of nitrogens with two attached hydrogens (primary N) is 1. The van der Waals surface area contributed by atoms with Crippen molar-refractivity contribution in [3.8, 4) is 5.75 Å². The number of rotatable bonds is 5. The highest BCUT2D eigenvalue weighted by atomic mass is 16.5. The number of hydrogen-bond acceptors (Lipinski definition) is 4. The van der Waals surface area contributed by atoms with Crippen molar-refractivity contribution < 1.29 is 19.4 Å². The van der Waals surface area contributed by atoms with Crippen molar-refractivity contribution in [3.63, 3.8) is 0 Å². The van der Waals surface area contributed by atoms with Gasteiger partial charge in [-0.15, -0.1) is 0 Å². The Labute approximate surface area is 112 Å². The monoisotopic (exact) mass is 265 g/mol. The topological polar surface area (TPSA) is 81.8 Å². The third kappa shape index (κ3) is 3.94. The normalized spacial score (nSPS) is 17.9. The smallest absolute Gasteiger partial charge is 0.305 e. The third-order valence-corrected chi connectivity index (χ3v) is 3.17. The van der Waals surface area contributed by atoms with Gasteiger partial charge in [0, 0.05) is 24.4 Å². The van der Waals surface area contributed by atoms with Crippen molar-refractivity contribution in [3.05, 3.63) is 29.8 Å². The van der Waals surface area contributed by atoms with E-state index in [0.29, 0.717) is 19.0 Å². The summed E-state index contributed by atoms with van der Waals surface area (Å²) in [6.45, 7) is 1.40. The van der Waals surface area contributed by atoms with E-state index in [2.05, 4.69) is 0 Å². The molecular weight excluding hydrogens is 246 g/mol. The Bertz CT molecular complexity index is 429. The zero-order valence-electron chi connectivity index (χ0n) is 10.7. The van der Waals surface area contributed by atoms with Crippen molar-refractivity contribution in [2.24, 2.45) is 5.73 Å². The van der Waals surface area contributed by atoms with Gasteiger partial charge in [-0.05, 0) is 6.07 Å². The molecule has 1 unspecified atom stereocenters. The van der Waals surface area contributed by atoms with E-state index >= 15 is 0 Å². The maximum atomic E-state index is 10.7. The van der Waals surface area contributed by atoms with Gasteiger partial charge in [-0.1, -0.05) is 18.2 Å². The van der Waals surface area contributed by atoms with E-state index in [-0.39, 0.29) is 12.5 Å². The molecule has 3 N–H and O–H groups in total. The first-order chi connectivity index (χ1) is 9.16. The van der Waals surface area contributed by atoms with E-state index in [1.165, 1.54) is 0 Å².